The highest BCUT2D eigenvalue weighted by atomic mass is 28.3. The number of fused-ring (bicyclic) bond motifs is 13. The van der Waals surface area contributed by atoms with Gasteiger partial charge in [0.15, 0.2) is 16.1 Å². The Bertz CT molecular complexity index is 6100. The lowest BCUT2D eigenvalue weighted by Gasteiger charge is -2.45. The molecule has 4 heterocycles. The van der Waals surface area contributed by atoms with Crippen molar-refractivity contribution >= 4 is 157 Å². The van der Waals surface area contributed by atoms with Crippen LogP contribution in [0.3, 0.4) is 0 Å². The lowest BCUT2D eigenvalue weighted by Crippen LogP contribution is -2.77. The lowest BCUT2D eigenvalue weighted by molar-refractivity contribution is 1.18. The van der Waals surface area contributed by atoms with E-state index >= 15 is 0 Å². The molecule has 17 aromatic carbocycles. The summed E-state index contributed by atoms with van der Waals surface area (Å²) in [7, 11) is -6.32. The molecule has 0 fully saturated rings. The molecule has 2 aromatic heterocycles. The van der Waals surface area contributed by atoms with Gasteiger partial charge in [-0.15, -0.1) is 0 Å². The first-order valence-electron chi connectivity index (χ1n) is 36.0. The van der Waals surface area contributed by atoms with E-state index in [0.29, 0.717) is 0 Å². The Morgan fingerprint density at radius 2 is 0.490 bits per heavy atom. The number of anilines is 6. The predicted molar refractivity (Wildman–Crippen MR) is 445 cm³/mol. The van der Waals surface area contributed by atoms with Crippen LogP contribution in [-0.4, -0.2) is 25.3 Å². The maximum Gasteiger partial charge on any atom is 0.184 e. The summed E-state index contributed by atoms with van der Waals surface area (Å²) in [5.41, 5.74) is 18.6. The summed E-state index contributed by atoms with van der Waals surface area (Å²) < 4.78 is 4.96. The SMILES string of the molecule is c1ccc(-c2ccc3c(c2)N(c2ccc4c(ccc5cc(N6c7cc(-c8ccccc8)ccc7[Si](c7ccccc7)(c7ccccc7)c7cc8c9ccccc9n(-c9ccccc9)c8cc76)ccc54)c2)c2cc4c(cc2[Si]3(c2ccccc2)c2ccccc2)c2ccccc2n4-c2ccccc2)cc1. The number of nitrogens with zero attached hydrogens (tertiary/aromatic N) is 4. The molecule has 0 saturated heterocycles. The molecule has 0 N–H and O–H groups in total. The molecule has 0 aliphatic carbocycles. The molecule has 4 nitrogen and oxygen atoms in total. The fraction of sp³-hybridized carbons (Fsp3) is 0. The average molecular weight is 1360 g/mol. The maximum atomic E-state index is 2.62. The fourth-order valence-electron chi connectivity index (χ4n) is 18.1. The number of hydrogen-bond donors (Lipinski definition) is 0. The van der Waals surface area contributed by atoms with Crippen LogP contribution in [0.1, 0.15) is 0 Å². The van der Waals surface area contributed by atoms with E-state index < -0.39 is 16.1 Å². The Morgan fingerprint density at radius 1 is 0.173 bits per heavy atom. The summed E-state index contributed by atoms with van der Waals surface area (Å²) in [6.07, 6.45) is 0. The summed E-state index contributed by atoms with van der Waals surface area (Å²) >= 11 is 0. The van der Waals surface area contributed by atoms with Gasteiger partial charge in [-0.2, -0.15) is 0 Å². The van der Waals surface area contributed by atoms with Gasteiger partial charge in [-0.25, -0.2) is 0 Å². The first-order chi connectivity index (χ1) is 51.6. The van der Waals surface area contributed by atoms with E-state index in [2.05, 4.69) is 419 Å². The van der Waals surface area contributed by atoms with Gasteiger partial charge in [-0.3, -0.25) is 0 Å². The van der Waals surface area contributed by atoms with E-state index in [9.17, 15) is 0 Å². The summed E-state index contributed by atoms with van der Waals surface area (Å²) in [6.45, 7) is 0. The van der Waals surface area contributed by atoms with E-state index in [-0.39, 0.29) is 0 Å². The van der Waals surface area contributed by atoms with Crippen LogP contribution in [0.25, 0.3) is 98.8 Å². The third-order valence-corrected chi connectivity index (χ3v) is 32.2. The zero-order chi connectivity index (χ0) is 68.5. The van der Waals surface area contributed by atoms with Crippen molar-refractivity contribution in [2.45, 2.75) is 0 Å². The molecular formula is C98H66N4Si2. The van der Waals surface area contributed by atoms with Crippen LogP contribution in [0.15, 0.2) is 400 Å². The Morgan fingerprint density at radius 3 is 0.856 bits per heavy atom. The quantitative estimate of drug-likeness (QED) is 0.100. The lowest BCUT2D eigenvalue weighted by atomic mass is 9.99. The number of aromatic nitrogens is 2. The maximum absolute atomic E-state index is 3.16. The second-order valence-electron chi connectivity index (χ2n) is 27.9. The largest absolute Gasteiger partial charge is 0.311 e. The van der Waals surface area contributed by atoms with E-state index in [4.69, 9.17) is 0 Å². The number of hydrogen-bond acceptors (Lipinski definition) is 2. The van der Waals surface area contributed by atoms with Gasteiger partial charge >= 0.3 is 0 Å². The van der Waals surface area contributed by atoms with Gasteiger partial charge in [-0.1, -0.05) is 303 Å². The van der Waals surface area contributed by atoms with Gasteiger partial charge < -0.3 is 18.9 Å². The van der Waals surface area contributed by atoms with Crippen molar-refractivity contribution in [2.24, 2.45) is 0 Å². The first kappa shape index (κ1) is 59.7. The fourth-order valence-corrected chi connectivity index (χ4v) is 28.3. The summed E-state index contributed by atoms with van der Waals surface area (Å²) in [4.78, 5) is 5.23. The molecule has 0 saturated carbocycles. The standard InChI is InChI=1S/C98H66N4Si2/c1-9-29-67(30-10-1)69-51-57-95-91(61-69)101(93-65-89-85(83-45-25-27-47-87(83)99(89)73-33-13-3-14-34-73)63-97(93)103(95,77-37-17-5-18-38-77)78-39-19-6-20-40-78)75-53-55-81-71(59-75)49-50-72-60-76(54-56-82(72)81)102-92-62-70(68-31-11-2-12-32-68)52-58-96(92)104(79-41-21-7-22-42-79,80-43-23-8-24-44-80)98-64-86-84-46-26-28-48-88(84)100(90(86)66-94(98)102)74-35-15-4-16-36-74/h1-66H. The second-order valence-corrected chi connectivity index (χ2v) is 35.3. The van der Waals surface area contributed by atoms with Crippen LogP contribution >= 0.6 is 0 Å². The Hall–Kier alpha value is -13.1. The highest BCUT2D eigenvalue weighted by Gasteiger charge is 2.51. The molecule has 0 spiro atoms. The molecule has 0 atom stereocenters. The molecular weight excluding hydrogens is 1290 g/mol. The molecule has 0 radical (unpaired) electrons. The molecule has 0 amide bonds. The van der Waals surface area contributed by atoms with Crippen LogP contribution in [0.4, 0.5) is 34.1 Å². The third-order valence-electron chi connectivity index (χ3n) is 22.5. The van der Waals surface area contributed by atoms with Crippen LogP contribution in [0.5, 0.6) is 0 Å². The molecule has 19 aromatic rings. The Labute approximate surface area is 605 Å². The minimum Gasteiger partial charge on any atom is -0.311 e. The van der Waals surface area contributed by atoms with Crippen molar-refractivity contribution in [2.75, 3.05) is 9.80 Å². The number of rotatable bonds is 10. The molecule has 6 heteroatoms. The van der Waals surface area contributed by atoms with Crippen molar-refractivity contribution in [3.63, 3.8) is 0 Å². The minimum absolute atomic E-state index is 1.10. The van der Waals surface area contributed by atoms with Gasteiger partial charge in [-0.05, 0) is 182 Å². The van der Waals surface area contributed by atoms with Crippen molar-refractivity contribution in [3.05, 3.63) is 400 Å². The number of benzene rings is 17. The summed E-state index contributed by atoms with van der Waals surface area (Å²) in [6, 6.07) is 152. The topological polar surface area (TPSA) is 16.3 Å². The molecule has 0 bridgehead atoms. The van der Waals surface area contributed by atoms with Crippen molar-refractivity contribution in [3.8, 4) is 33.6 Å². The van der Waals surface area contributed by atoms with Crippen LogP contribution in [0.2, 0.25) is 0 Å². The highest BCUT2D eigenvalue weighted by Crippen LogP contribution is 2.48. The van der Waals surface area contributed by atoms with Gasteiger partial charge in [0.2, 0.25) is 0 Å². The molecule has 2 aliphatic heterocycles. The van der Waals surface area contributed by atoms with Crippen molar-refractivity contribution in [1.82, 2.24) is 9.13 Å². The van der Waals surface area contributed by atoms with E-state index in [0.717, 1.165) is 22.7 Å². The predicted octanol–water partition coefficient (Wildman–Crippen LogP) is 19.8. The summed E-state index contributed by atoms with van der Waals surface area (Å²) in [5.74, 6) is 0. The molecule has 21 rings (SSSR count). The van der Waals surface area contributed by atoms with Crippen LogP contribution < -0.4 is 51.3 Å². The van der Waals surface area contributed by atoms with Crippen LogP contribution in [0, 0.1) is 0 Å². The van der Waals surface area contributed by atoms with E-state index in [1.54, 1.807) is 0 Å². The molecule has 104 heavy (non-hydrogen) atoms. The van der Waals surface area contributed by atoms with Gasteiger partial charge in [0.05, 0.1) is 22.1 Å². The monoisotopic (exact) mass is 1350 g/mol. The normalized spacial score (nSPS) is 13.5. The van der Waals surface area contributed by atoms with Gasteiger partial charge in [0, 0.05) is 67.0 Å². The molecule has 0 unspecified atom stereocenters. The Balaban J connectivity index is 0.806. The second kappa shape index (κ2) is 23.8. The molecule has 486 valence electrons. The average Bonchev–Trinajstić information content (AvgIpc) is 1.63. The molecule has 2 aliphatic rings. The minimum atomic E-state index is -3.16. The third kappa shape index (κ3) is 8.89. The zero-order valence-electron chi connectivity index (χ0n) is 56.9. The van der Waals surface area contributed by atoms with Gasteiger partial charge in [0.1, 0.15) is 0 Å². The number of para-hydroxylation sites is 4. The van der Waals surface area contributed by atoms with Crippen LogP contribution in [-0.2, 0) is 0 Å². The van der Waals surface area contributed by atoms with E-state index in [1.165, 1.54) is 152 Å². The van der Waals surface area contributed by atoms with Crippen molar-refractivity contribution < 1.29 is 0 Å². The van der Waals surface area contributed by atoms with Crippen molar-refractivity contribution in [1.29, 1.82) is 0 Å². The Kier molecular flexibility index (Phi) is 13.6. The first-order valence-corrected chi connectivity index (χ1v) is 40.0. The smallest absolute Gasteiger partial charge is 0.184 e. The zero-order valence-corrected chi connectivity index (χ0v) is 58.9. The van der Waals surface area contributed by atoms with E-state index in [1.807, 2.05) is 0 Å². The summed E-state index contributed by atoms with van der Waals surface area (Å²) in [5, 5.41) is 20.5. The highest BCUT2D eigenvalue weighted by molar-refractivity contribution is 7.22. The van der Waals surface area contributed by atoms with Gasteiger partial charge in [0.25, 0.3) is 0 Å².